The van der Waals surface area contributed by atoms with E-state index in [4.69, 9.17) is 9.47 Å². The smallest absolute Gasteiger partial charge is 0.180 e. The van der Waals surface area contributed by atoms with Gasteiger partial charge in [0.1, 0.15) is 11.5 Å². The third kappa shape index (κ3) is 5.66. The second kappa shape index (κ2) is 11.4. The summed E-state index contributed by atoms with van der Waals surface area (Å²) in [7, 11) is 0. The second-order valence-corrected chi connectivity index (χ2v) is 9.85. The van der Waals surface area contributed by atoms with Crippen LogP contribution in [0.15, 0.2) is 72.8 Å². The summed E-state index contributed by atoms with van der Waals surface area (Å²) >= 11 is 0. The highest BCUT2D eigenvalue weighted by Gasteiger charge is 2.27. The fourth-order valence-electron chi connectivity index (χ4n) is 5.00. The fourth-order valence-corrected chi connectivity index (χ4v) is 5.00. The van der Waals surface area contributed by atoms with Crippen LogP contribution in [0.3, 0.4) is 0 Å². The lowest BCUT2D eigenvalue weighted by Crippen LogP contribution is -2.36. The van der Waals surface area contributed by atoms with Crippen LogP contribution < -0.4 is 9.47 Å². The highest BCUT2D eigenvalue weighted by atomic mass is 35.5. The normalized spacial score (nSPS) is 14.3. The van der Waals surface area contributed by atoms with Crippen molar-refractivity contribution in [3.8, 4) is 23.0 Å². The zero-order chi connectivity index (χ0) is 25.2. The molecule has 1 unspecified atom stereocenters. The minimum atomic E-state index is -0.151. The van der Waals surface area contributed by atoms with Crippen LogP contribution in [0.1, 0.15) is 46.8 Å². The molecule has 5 heteroatoms. The van der Waals surface area contributed by atoms with Crippen LogP contribution in [-0.4, -0.2) is 29.8 Å². The highest BCUT2D eigenvalue weighted by Crippen LogP contribution is 2.43. The van der Waals surface area contributed by atoms with Gasteiger partial charge in [0.15, 0.2) is 17.3 Å². The molecule has 0 aromatic heterocycles. The molecule has 0 aliphatic carbocycles. The number of halogens is 1. The largest absolute Gasteiger partial charge is 0.453 e. The molecule has 1 heterocycles. The van der Waals surface area contributed by atoms with Crippen LogP contribution in [-0.2, 0) is 0 Å². The average molecular weight is 516 g/mol. The summed E-state index contributed by atoms with van der Waals surface area (Å²) in [5, 5.41) is 1.89. The summed E-state index contributed by atoms with van der Waals surface area (Å²) in [5.74, 6) is 2.87. The van der Waals surface area contributed by atoms with E-state index >= 15 is 0 Å². The topological polar surface area (TPSA) is 38.8 Å². The molecule has 0 bridgehead atoms. The van der Waals surface area contributed by atoms with Gasteiger partial charge in [-0.25, -0.2) is 0 Å². The molecule has 0 N–H and O–H groups in total. The van der Waals surface area contributed by atoms with Crippen molar-refractivity contribution in [2.45, 2.75) is 46.6 Å². The van der Waals surface area contributed by atoms with E-state index in [0.717, 1.165) is 64.9 Å². The van der Waals surface area contributed by atoms with Gasteiger partial charge >= 0.3 is 0 Å². The van der Waals surface area contributed by atoms with E-state index in [-0.39, 0.29) is 24.2 Å². The maximum absolute atomic E-state index is 13.7. The Bertz CT molecular complexity index is 1390. The number of hydrogen-bond donors (Lipinski definition) is 0. The van der Waals surface area contributed by atoms with E-state index in [9.17, 15) is 4.79 Å². The second-order valence-electron chi connectivity index (χ2n) is 9.85. The number of rotatable bonds is 7. The number of benzene rings is 4. The van der Waals surface area contributed by atoms with Gasteiger partial charge in [0, 0.05) is 11.1 Å². The number of fused-ring (bicyclic) bond motifs is 1. The summed E-state index contributed by atoms with van der Waals surface area (Å²) in [6.45, 7) is 10.1. The first-order valence-electron chi connectivity index (χ1n) is 12.7. The molecule has 0 amide bonds. The van der Waals surface area contributed by atoms with Crippen LogP contribution in [0.25, 0.3) is 10.8 Å². The van der Waals surface area contributed by atoms with Gasteiger partial charge in [0.05, 0.1) is 6.04 Å². The Kier molecular flexibility index (Phi) is 8.21. The molecule has 0 saturated carbocycles. The maximum atomic E-state index is 13.7. The number of hydrogen-bond acceptors (Lipinski definition) is 4. The standard InChI is InChI=1S/C32H33NO3.ClH/c1-21-10-14-26(15-11-21)35-29-20-25-8-7-9-28(31(34)24(4)33-18-5-6-19-33)30(25)23(3)32(29)36-27-16-12-22(2)13-17-27;/h7-17,20,24H,5-6,18-19H2,1-4H3;1H. The average Bonchev–Trinajstić information content (AvgIpc) is 3.43. The monoisotopic (exact) mass is 515 g/mol. The molecule has 1 fully saturated rings. The molecule has 1 atom stereocenters. The highest BCUT2D eigenvalue weighted by molar-refractivity contribution is 6.12. The van der Waals surface area contributed by atoms with Crippen molar-refractivity contribution < 1.29 is 14.3 Å². The van der Waals surface area contributed by atoms with Gasteiger partial charge in [-0.2, -0.15) is 0 Å². The third-order valence-electron chi connectivity index (χ3n) is 7.15. The van der Waals surface area contributed by atoms with Gasteiger partial charge in [-0.3, -0.25) is 9.69 Å². The number of ketones is 1. The molecule has 192 valence electrons. The number of likely N-dealkylation sites (tertiary alicyclic amines) is 1. The fraction of sp³-hybridized carbons (Fsp3) is 0.281. The number of aryl methyl sites for hydroxylation is 3. The Labute approximate surface area is 225 Å². The van der Waals surface area contributed by atoms with Gasteiger partial charge in [0.25, 0.3) is 0 Å². The summed E-state index contributed by atoms with van der Waals surface area (Å²) in [6.07, 6.45) is 2.31. The van der Waals surface area contributed by atoms with E-state index in [2.05, 4.69) is 18.7 Å². The van der Waals surface area contributed by atoms with Crippen LogP contribution in [0, 0.1) is 20.8 Å². The first-order valence-corrected chi connectivity index (χ1v) is 12.7. The first-order chi connectivity index (χ1) is 17.4. The van der Waals surface area contributed by atoms with Gasteiger partial charge < -0.3 is 9.47 Å². The minimum Gasteiger partial charge on any atom is -0.453 e. The van der Waals surface area contributed by atoms with Crippen molar-refractivity contribution in [2.24, 2.45) is 0 Å². The molecule has 1 aliphatic heterocycles. The molecule has 4 nitrogen and oxygen atoms in total. The Morgan fingerprint density at radius 1 is 0.811 bits per heavy atom. The van der Waals surface area contributed by atoms with E-state index in [0.29, 0.717) is 11.5 Å². The predicted octanol–water partition coefficient (Wildman–Crippen LogP) is 8.44. The third-order valence-corrected chi connectivity index (χ3v) is 7.15. The van der Waals surface area contributed by atoms with Crippen molar-refractivity contribution in [2.75, 3.05) is 13.1 Å². The lowest BCUT2D eigenvalue weighted by atomic mass is 9.93. The molecule has 0 spiro atoms. The van der Waals surface area contributed by atoms with Crippen molar-refractivity contribution in [3.63, 3.8) is 0 Å². The molecular weight excluding hydrogens is 482 g/mol. The first kappa shape index (κ1) is 26.7. The lowest BCUT2D eigenvalue weighted by Gasteiger charge is -2.24. The van der Waals surface area contributed by atoms with Gasteiger partial charge in [-0.1, -0.05) is 53.6 Å². The Morgan fingerprint density at radius 2 is 1.38 bits per heavy atom. The van der Waals surface area contributed by atoms with Crippen molar-refractivity contribution >= 4 is 29.0 Å². The summed E-state index contributed by atoms with van der Waals surface area (Å²) < 4.78 is 12.8. The molecule has 4 aromatic rings. The van der Waals surface area contributed by atoms with E-state index in [1.807, 2.05) is 86.6 Å². The molecule has 37 heavy (non-hydrogen) atoms. The minimum absolute atomic E-state index is 0. The van der Waals surface area contributed by atoms with Crippen LogP contribution >= 0.6 is 12.4 Å². The zero-order valence-corrected chi connectivity index (χ0v) is 22.7. The molecule has 0 radical (unpaired) electrons. The van der Waals surface area contributed by atoms with Gasteiger partial charge in [-0.15, -0.1) is 12.4 Å². The Hall–Kier alpha value is -3.34. The summed E-state index contributed by atoms with van der Waals surface area (Å²) in [4.78, 5) is 16.0. The number of ether oxygens (including phenoxy) is 2. The molecular formula is C32H34ClNO3. The van der Waals surface area contributed by atoms with Gasteiger partial charge in [0.2, 0.25) is 0 Å². The molecule has 1 aliphatic rings. The van der Waals surface area contributed by atoms with Crippen LogP contribution in [0.2, 0.25) is 0 Å². The SMILES string of the molecule is Cc1ccc(Oc2cc3cccc(C(=O)C(C)N4CCCC4)c3c(C)c2Oc2ccc(C)cc2)cc1.Cl. The molecule has 5 rings (SSSR count). The van der Waals surface area contributed by atoms with Crippen molar-refractivity contribution in [1.82, 2.24) is 4.90 Å². The maximum Gasteiger partial charge on any atom is 0.180 e. The van der Waals surface area contributed by atoms with E-state index in [1.54, 1.807) is 0 Å². The molecule has 4 aromatic carbocycles. The Morgan fingerprint density at radius 3 is 1.97 bits per heavy atom. The summed E-state index contributed by atoms with van der Waals surface area (Å²) in [6, 6.07) is 23.7. The van der Waals surface area contributed by atoms with E-state index in [1.165, 1.54) is 5.56 Å². The Balaban J connectivity index is 0.00000320. The lowest BCUT2D eigenvalue weighted by molar-refractivity contribution is 0.0868. The number of carbonyl (C=O) groups excluding carboxylic acids is 1. The summed E-state index contributed by atoms with van der Waals surface area (Å²) in [5.41, 5.74) is 3.97. The van der Waals surface area contributed by atoms with Crippen LogP contribution in [0.5, 0.6) is 23.0 Å². The quantitative estimate of drug-likeness (QED) is 0.231. The van der Waals surface area contributed by atoms with Crippen molar-refractivity contribution in [3.05, 3.63) is 95.1 Å². The molecule has 1 saturated heterocycles. The number of carbonyl (C=O) groups is 1. The van der Waals surface area contributed by atoms with E-state index < -0.39 is 0 Å². The zero-order valence-electron chi connectivity index (χ0n) is 21.9. The van der Waals surface area contributed by atoms with Gasteiger partial charge in [-0.05, 0) is 94.7 Å². The van der Waals surface area contributed by atoms with Crippen LogP contribution in [0.4, 0.5) is 0 Å². The number of nitrogens with zero attached hydrogens (tertiary/aromatic N) is 1. The van der Waals surface area contributed by atoms with Crippen molar-refractivity contribution in [1.29, 1.82) is 0 Å². The number of Topliss-reactive ketones (excluding diaryl/α,β-unsaturated/α-hetero) is 1. The predicted molar refractivity (Wildman–Crippen MR) is 153 cm³/mol.